The molecule has 0 aromatic rings. The zero-order chi connectivity index (χ0) is 15.4. The lowest BCUT2D eigenvalue weighted by Gasteiger charge is -2.12. The van der Waals surface area contributed by atoms with Gasteiger partial charge in [0.1, 0.15) is 12.5 Å². The van der Waals surface area contributed by atoms with Crippen molar-refractivity contribution in [2.75, 3.05) is 14.1 Å². The zero-order valence-electron chi connectivity index (χ0n) is 13.0. The maximum atomic E-state index is 11.4. The zero-order valence-corrected chi connectivity index (χ0v) is 13.0. The molecule has 2 atom stereocenters. The third-order valence-electron chi connectivity index (χ3n) is 2.94. The Morgan fingerprint density at radius 1 is 0.800 bits per heavy atom. The topological polar surface area (TPSA) is 76.7 Å². The van der Waals surface area contributed by atoms with E-state index < -0.39 is 0 Å². The summed E-state index contributed by atoms with van der Waals surface area (Å²) in [5.74, 6) is -0.372. The van der Waals surface area contributed by atoms with Crippen LogP contribution in [0.2, 0.25) is 0 Å². The molecule has 6 heteroatoms. The number of carbonyl (C=O) groups excluding carboxylic acids is 2. The number of hydrogen-bond donors (Lipinski definition) is 2. The van der Waals surface area contributed by atoms with E-state index in [-0.39, 0.29) is 24.4 Å². The number of nitrogens with one attached hydrogen (secondary N) is 2. The molecule has 0 radical (unpaired) electrons. The van der Waals surface area contributed by atoms with E-state index in [0.717, 1.165) is 25.7 Å². The Hall–Kier alpha value is -1.14. The third-order valence-corrected chi connectivity index (χ3v) is 2.94. The summed E-state index contributed by atoms with van der Waals surface area (Å²) in [5.41, 5.74) is 0. The summed E-state index contributed by atoms with van der Waals surface area (Å²) in [7, 11) is 3.48. The van der Waals surface area contributed by atoms with Gasteiger partial charge in [-0.3, -0.25) is 20.2 Å². The van der Waals surface area contributed by atoms with Crippen molar-refractivity contribution in [3.05, 3.63) is 0 Å². The van der Waals surface area contributed by atoms with Crippen LogP contribution in [0.15, 0.2) is 0 Å². The second kappa shape index (κ2) is 11.7. The second-order valence-electron chi connectivity index (χ2n) is 4.76. The summed E-state index contributed by atoms with van der Waals surface area (Å²) in [5, 5.41) is 5.68. The van der Waals surface area contributed by atoms with E-state index in [9.17, 15) is 9.59 Å². The molecule has 0 bridgehead atoms. The molecule has 0 amide bonds. The Bertz CT molecular complexity index is 256. The van der Waals surface area contributed by atoms with Gasteiger partial charge in [-0.25, -0.2) is 0 Å². The van der Waals surface area contributed by atoms with Gasteiger partial charge in [0.05, 0.1) is 0 Å². The van der Waals surface area contributed by atoms with E-state index in [0.29, 0.717) is 12.8 Å². The van der Waals surface area contributed by atoms with Crippen LogP contribution in [0, 0.1) is 0 Å². The van der Waals surface area contributed by atoms with Crippen molar-refractivity contribution in [2.45, 2.75) is 64.8 Å². The first-order valence-corrected chi connectivity index (χ1v) is 7.23. The molecular weight excluding hydrogens is 260 g/mol. The van der Waals surface area contributed by atoms with Crippen LogP contribution in [0.3, 0.4) is 0 Å². The van der Waals surface area contributed by atoms with Crippen molar-refractivity contribution in [3.63, 3.8) is 0 Å². The van der Waals surface area contributed by atoms with Crippen molar-refractivity contribution in [1.82, 2.24) is 10.6 Å². The normalized spacial score (nSPS) is 13.6. The molecule has 0 aliphatic carbocycles. The molecule has 2 unspecified atom stereocenters. The molecule has 2 N–H and O–H groups in total. The van der Waals surface area contributed by atoms with Crippen molar-refractivity contribution in [2.24, 2.45) is 0 Å². The molecule has 0 aliphatic rings. The van der Waals surface area contributed by atoms with Gasteiger partial charge in [0, 0.05) is 12.8 Å². The van der Waals surface area contributed by atoms with Crippen LogP contribution in [0.4, 0.5) is 0 Å². The molecule has 0 fully saturated rings. The van der Waals surface area contributed by atoms with E-state index in [1.54, 1.807) is 27.9 Å². The minimum absolute atomic E-state index is 0.186. The van der Waals surface area contributed by atoms with Gasteiger partial charge in [-0.05, 0) is 40.8 Å². The lowest BCUT2D eigenvalue weighted by molar-refractivity contribution is -0.150. The predicted molar refractivity (Wildman–Crippen MR) is 76.9 cm³/mol. The molecule has 0 aromatic carbocycles. The van der Waals surface area contributed by atoms with Crippen molar-refractivity contribution < 1.29 is 19.1 Å². The molecule has 0 spiro atoms. The smallest absolute Gasteiger partial charge is 0.307 e. The van der Waals surface area contributed by atoms with Crippen molar-refractivity contribution in [1.29, 1.82) is 0 Å². The summed E-state index contributed by atoms with van der Waals surface area (Å²) in [6, 6.07) is 0. The van der Waals surface area contributed by atoms with E-state index >= 15 is 0 Å². The second-order valence-corrected chi connectivity index (χ2v) is 4.76. The number of esters is 2. The van der Waals surface area contributed by atoms with Gasteiger partial charge in [0.25, 0.3) is 0 Å². The Kier molecular flexibility index (Phi) is 11.0. The first-order chi connectivity index (χ1) is 9.49. The van der Waals surface area contributed by atoms with Gasteiger partial charge >= 0.3 is 11.9 Å². The Morgan fingerprint density at radius 2 is 1.15 bits per heavy atom. The van der Waals surface area contributed by atoms with Gasteiger partial charge in [-0.1, -0.05) is 12.8 Å². The number of carbonyl (C=O) groups is 2. The van der Waals surface area contributed by atoms with Crippen LogP contribution in [-0.4, -0.2) is 38.5 Å². The third kappa shape index (κ3) is 10.8. The van der Waals surface area contributed by atoms with Crippen LogP contribution < -0.4 is 10.6 Å². The number of rotatable bonds is 11. The summed E-state index contributed by atoms with van der Waals surface area (Å²) in [4.78, 5) is 22.7. The molecule has 118 valence electrons. The van der Waals surface area contributed by atoms with E-state index in [4.69, 9.17) is 9.47 Å². The monoisotopic (exact) mass is 288 g/mol. The minimum atomic E-state index is -0.244. The van der Waals surface area contributed by atoms with E-state index in [1.807, 2.05) is 0 Å². The van der Waals surface area contributed by atoms with Gasteiger partial charge in [-0.15, -0.1) is 0 Å². The molecular formula is C14H28N2O4. The highest BCUT2D eigenvalue weighted by molar-refractivity contribution is 5.69. The van der Waals surface area contributed by atoms with Crippen molar-refractivity contribution >= 4 is 11.9 Å². The maximum absolute atomic E-state index is 11.4. The quantitative estimate of drug-likeness (QED) is 0.341. The Morgan fingerprint density at radius 3 is 1.45 bits per heavy atom. The molecule has 0 saturated carbocycles. The first kappa shape index (κ1) is 18.9. The molecule has 20 heavy (non-hydrogen) atoms. The van der Waals surface area contributed by atoms with Crippen LogP contribution in [0.5, 0.6) is 0 Å². The Balaban J connectivity index is 3.44. The molecule has 0 aromatic heterocycles. The number of hydrogen-bond acceptors (Lipinski definition) is 6. The number of unbranched alkanes of at least 4 members (excludes halogenated alkanes) is 3. The lowest BCUT2D eigenvalue weighted by Crippen LogP contribution is -2.27. The molecule has 0 aliphatic heterocycles. The largest absolute Gasteiger partial charge is 0.447 e. The minimum Gasteiger partial charge on any atom is -0.447 e. The fraction of sp³-hybridized carbons (Fsp3) is 0.857. The summed E-state index contributed by atoms with van der Waals surface area (Å²) < 4.78 is 10.1. The Labute approximate surface area is 121 Å². The standard InChI is InChI=1S/C14H28N2O4/c1-11(15-3)19-13(17)9-7-5-6-8-10-14(18)20-12(2)16-4/h11-12,15-16H,5-10H2,1-4H3. The first-order valence-electron chi connectivity index (χ1n) is 7.23. The fourth-order valence-corrected chi connectivity index (χ4v) is 1.52. The predicted octanol–water partition coefficient (Wildman–Crippen LogP) is 1.54. The SMILES string of the molecule is CNC(C)OC(=O)CCCCCCC(=O)OC(C)NC. The number of ether oxygens (including phenoxy) is 2. The molecule has 0 rings (SSSR count). The average Bonchev–Trinajstić information content (AvgIpc) is 2.42. The average molecular weight is 288 g/mol. The van der Waals surface area contributed by atoms with Gasteiger partial charge in [0.2, 0.25) is 0 Å². The van der Waals surface area contributed by atoms with E-state index in [2.05, 4.69) is 10.6 Å². The van der Waals surface area contributed by atoms with Crippen LogP contribution >= 0.6 is 0 Å². The van der Waals surface area contributed by atoms with E-state index in [1.165, 1.54) is 0 Å². The highest BCUT2D eigenvalue weighted by Gasteiger charge is 2.08. The molecule has 0 heterocycles. The lowest BCUT2D eigenvalue weighted by atomic mass is 10.1. The van der Waals surface area contributed by atoms with Gasteiger partial charge in [-0.2, -0.15) is 0 Å². The van der Waals surface area contributed by atoms with Crippen LogP contribution in [0.25, 0.3) is 0 Å². The molecule has 0 saturated heterocycles. The van der Waals surface area contributed by atoms with Crippen molar-refractivity contribution in [3.8, 4) is 0 Å². The fourth-order valence-electron chi connectivity index (χ4n) is 1.52. The van der Waals surface area contributed by atoms with Gasteiger partial charge < -0.3 is 9.47 Å². The highest BCUT2D eigenvalue weighted by atomic mass is 16.6. The highest BCUT2D eigenvalue weighted by Crippen LogP contribution is 2.07. The van der Waals surface area contributed by atoms with Crippen LogP contribution in [0.1, 0.15) is 52.4 Å². The summed E-state index contributed by atoms with van der Waals surface area (Å²) >= 11 is 0. The van der Waals surface area contributed by atoms with Gasteiger partial charge in [0.15, 0.2) is 0 Å². The summed E-state index contributed by atoms with van der Waals surface area (Å²) in [6.45, 7) is 3.57. The maximum Gasteiger partial charge on any atom is 0.307 e. The molecule has 6 nitrogen and oxygen atoms in total. The van der Waals surface area contributed by atoms with Crippen LogP contribution in [-0.2, 0) is 19.1 Å². The summed E-state index contributed by atoms with van der Waals surface area (Å²) in [6.07, 6.45) is 3.77.